The molecule has 2 aromatic carbocycles. The van der Waals surface area contributed by atoms with Gasteiger partial charge in [0.05, 0.1) is 16.8 Å². The first-order chi connectivity index (χ1) is 18.7. The monoisotopic (exact) mass is 590 g/mol. The van der Waals surface area contributed by atoms with E-state index in [2.05, 4.69) is 28.3 Å². The molecule has 6 N–H and O–H groups in total. The number of hydrogen-bond donors (Lipinski definition) is 6. The minimum atomic E-state index is -4.26. The van der Waals surface area contributed by atoms with Crippen LogP contribution in [-0.4, -0.2) is 40.2 Å². The summed E-state index contributed by atoms with van der Waals surface area (Å²) in [6.07, 6.45) is 1.75. The fourth-order valence-electron chi connectivity index (χ4n) is 4.82. The lowest BCUT2D eigenvalue weighted by Crippen LogP contribution is -2.42. The SMILES string of the molecule is CCCC(=O)NS(=O)(=O)Nc1ccc2c(c1)S(O)(O)N=C(C1=C(O)c3ccccc3C(C)(CCC(C)C)C1=O)N2. The zero-order chi connectivity index (χ0) is 29.5. The average Bonchev–Trinajstić information content (AvgIpc) is 2.86. The molecule has 0 aromatic heterocycles. The van der Waals surface area contributed by atoms with E-state index < -0.39 is 38.1 Å². The molecule has 11 nitrogen and oxygen atoms in total. The number of amides is 1. The number of nitrogens with zero attached hydrogens (tertiary/aromatic N) is 1. The van der Waals surface area contributed by atoms with Crippen LogP contribution in [0.15, 0.2) is 57.3 Å². The predicted octanol–water partition coefficient (Wildman–Crippen LogP) is 5.35. The highest BCUT2D eigenvalue weighted by atomic mass is 32.3. The van der Waals surface area contributed by atoms with E-state index in [4.69, 9.17) is 0 Å². The molecule has 0 saturated heterocycles. The maximum absolute atomic E-state index is 14.0. The second kappa shape index (κ2) is 10.9. The summed E-state index contributed by atoms with van der Waals surface area (Å²) in [6.45, 7) is 7.67. The van der Waals surface area contributed by atoms with Gasteiger partial charge >= 0.3 is 10.2 Å². The third kappa shape index (κ3) is 5.73. The van der Waals surface area contributed by atoms with E-state index >= 15 is 0 Å². The van der Waals surface area contributed by atoms with E-state index in [1.165, 1.54) is 18.2 Å². The standard InChI is InChI=1S/C27H34N4O7S2/c1-5-8-22(32)30-40(37,38)29-17-11-12-20-21(15-17)39(35,36)31-26(28-20)23-24(33)18-9-6-7-10-19(18)27(4,25(23)34)14-13-16(2)3/h6-7,9-12,15-16,29,33,35-36H,5,8,13-14H2,1-4H3,(H,28,31)(H,30,32). The van der Waals surface area contributed by atoms with E-state index in [0.29, 0.717) is 29.9 Å². The lowest BCUT2D eigenvalue weighted by Gasteiger charge is -2.39. The van der Waals surface area contributed by atoms with Gasteiger partial charge in [0.2, 0.25) is 5.91 Å². The van der Waals surface area contributed by atoms with E-state index in [-0.39, 0.29) is 39.9 Å². The number of Topliss-reactive ketones (excluding diaryl/α,β-unsaturated/α-hetero) is 1. The largest absolute Gasteiger partial charge is 0.506 e. The maximum atomic E-state index is 14.0. The highest BCUT2D eigenvalue weighted by Crippen LogP contribution is 2.57. The third-order valence-corrected chi connectivity index (χ3v) is 9.29. The van der Waals surface area contributed by atoms with E-state index in [9.17, 15) is 32.2 Å². The summed E-state index contributed by atoms with van der Waals surface area (Å²) < 4.78 is 54.7. The smallest absolute Gasteiger partial charge is 0.323 e. The Bertz CT molecular complexity index is 1530. The summed E-state index contributed by atoms with van der Waals surface area (Å²) in [5, 5.41) is 14.1. The van der Waals surface area contributed by atoms with Crippen LogP contribution in [0, 0.1) is 5.92 Å². The molecule has 0 radical (unpaired) electrons. The van der Waals surface area contributed by atoms with Crippen LogP contribution >= 0.6 is 10.8 Å². The maximum Gasteiger partial charge on any atom is 0.323 e. The molecular formula is C27H34N4O7S2. The lowest BCUT2D eigenvalue weighted by atomic mass is 9.66. The summed E-state index contributed by atoms with van der Waals surface area (Å²) in [6, 6.07) is 11.0. The quantitative estimate of drug-likeness (QED) is 0.226. The number of nitrogens with one attached hydrogen (secondary N) is 3. The first-order valence-electron chi connectivity index (χ1n) is 12.9. The number of carbonyl (C=O) groups is 2. The highest BCUT2D eigenvalue weighted by Gasteiger charge is 2.46. The Hall–Kier alpha value is -3.39. The zero-order valence-corrected chi connectivity index (χ0v) is 24.3. The Labute approximate surface area is 235 Å². The van der Waals surface area contributed by atoms with Crippen molar-refractivity contribution in [3.63, 3.8) is 0 Å². The van der Waals surface area contributed by atoms with Crippen LogP contribution in [0.1, 0.15) is 64.5 Å². The second-order valence-corrected chi connectivity index (χ2v) is 13.6. The van der Waals surface area contributed by atoms with Gasteiger partial charge in [-0.15, -0.1) is 4.40 Å². The number of hydrogen-bond acceptors (Lipinski definition) is 9. The van der Waals surface area contributed by atoms with Gasteiger partial charge in [0.25, 0.3) is 0 Å². The lowest BCUT2D eigenvalue weighted by molar-refractivity contribution is -0.120. The van der Waals surface area contributed by atoms with Gasteiger partial charge in [0.1, 0.15) is 16.2 Å². The van der Waals surface area contributed by atoms with Crippen LogP contribution in [0.25, 0.3) is 5.76 Å². The molecule has 1 aliphatic carbocycles. The van der Waals surface area contributed by atoms with Gasteiger partial charge in [0.15, 0.2) is 11.6 Å². The number of anilines is 2. The minimum absolute atomic E-state index is 0.0233. The van der Waals surface area contributed by atoms with Crippen molar-refractivity contribution in [3.05, 3.63) is 59.2 Å². The van der Waals surface area contributed by atoms with Gasteiger partial charge in [-0.2, -0.15) is 8.42 Å². The molecule has 40 heavy (non-hydrogen) atoms. The molecule has 4 rings (SSSR count). The Morgan fingerprint density at radius 1 is 1.18 bits per heavy atom. The van der Waals surface area contributed by atoms with Crippen LogP contribution in [0.5, 0.6) is 0 Å². The molecular weight excluding hydrogens is 556 g/mol. The zero-order valence-electron chi connectivity index (χ0n) is 22.7. The molecule has 2 aliphatic rings. The molecule has 1 heterocycles. The number of rotatable bonds is 9. The van der Waals surface area contributed by atoms with Crippen molar-refractivity contribution in [2.24, 2.45) is 10.3 Å². The van der Waals surface area contributed by atoms with Gasteiger partial charge in [0, 0.05) is 12.0 Å². The van der Waals surface area contributed by atoms with E-state index in [1.54, 1.807) is 19.1 Å². The second-order valence-electron chi connectivity index (χ2n) is 10.5. The number of amidine groups is 1. The van der Waals surface area contributed by atoms with Gasteiger partial charge < -0.3 is 10.4 Å². The van der Waals surface area contributed by atoms with E-state index in [0.717, 1.165) is 6.42 Å². The van der Waals surface area contributed by atoms with Crippen molar-refractivity contribution in [1.82, 2.24) is 4.72 Å². The Balaban J connectivity index is 1.71. The van der Waals surface area contributed by atoms with Gasteiger partial charge in [-0.25, -0.2) is 4.72 Å². The number of ketones is 1. The molecule has 1 unspecified atom stereocenters. The van der Waals surface area contributed by atoms with Gasteiger partial charge in [-0.05, 0) is 55.9 Å². The van der Waals surface area contributed by atoms with Crippen LogP contribution in [0.2, 0.25) is 0 Å². The third-order valence-electron chi connectivity index (χ3n) is 6.93. The summed E-state index contributed by atoms with van der Waals surface area (Å²) in [5.41, 5.74) is 0.137. The summed E-state index contributed by atoms with van der Waals surface area (Å²) in [5.74, 6) is -1.27. The van der Waals surface area contributed by atoms with Crippen molar-refractivity contribution in [3.8, 4) is 0 Å². The molecule has 0 bridgehead atoms. The van der Waals surface area contributed by atoms with Crippen molar-refractivity contribution in [2.75, 3.05) is 10.0 Å². The number of benzene rings is 2. The van der Waals surface area contributed by atoms with Crippen LogP contribution < -0.4 is 14.8 Å². The highest BCUT2D eigenvalue weighted by molar-refractivity contribution is 8.23. The first kappa shape index (κ1) is 29.6. The number of aliphatic hydroxyl groups excluding tert-OH is 1. The molecule has 1 atom stereocenters. The van der Waals surface area contributed by atoms with Crippen LogP contribution in [0.3, 0.4) is 0 Å². The fourth-order valence-corrected chi connectivity index (χ4v) is 6.89. The molecule has 1 aliphatic heterocycles. The van der Waals surface area contributed by atoms with E-state index in [1.807, 2.05) is 23.8 Å². The van der Waals surface area contributed by atoms with Crippen molar-refractivity contribution >= 4 is 55.6 Å². The average molecular weight is 591 g/mol. The van der Waals surface area contributed by atoms with Gasteiger partial charge in [-0.3, -0.25) is 23.4 Å². The minimum Gasteiger partial charge on any atom is -0.506 e. The topological polar surface area (TPSA) is 177 Å². The number of aliphatic hydroxyl groups is 1. The normalized spacial score (nSPS) is 20.7. The van der Waals surface area contributed by atoms with Crippen molar-refractivity contribution < 1.29 is 32.2 Å². The number of carbonyl (C=O) groups excluding carboxylic acids is 2. The first-order valence-corrected chi connectivity index (χ1v) is 15.9. The summed E-state index contributed by atoms with van der Waals surface area (Å²) in [7, 11) is -8.19. The Morgan fingerprint density at radius 2 is 1.88 bits per heavy atom. The Morgan fingerprint density at radius 3 is 2.55 bits per heavy atom. The molecule has 1 amide bonds. The van der Waals surface area contributed by atoms with Crippen molar-refractivity contribution in [2.45, 2.75) is 63.7 Å². The molecule has 2 aromatic rings. The molecule has 13 heteroatoms. The van der Waals surface area contributed by atoms with Crippen LogP contribution in [0.4, 0.5) is 11.4 Å². The van der Waals surface area contributed by atoms with Crippen molar-refractivity contribution in [1.29, 1.82) is 0 Å². The Kier molecular flexibility index (Phi) is 8.05. The van der Waals surface area contributed by atoms with Crippen LogP contribution in [-0.2, 0) is 25.2 Å². The molecule has 0 fully saturated rings. The number of fused-ring (bicyclic) bond motifs is 2. The summed E-state index contributed by atoms with van der Waals surface area (Å²) in [4.78, 5) is 25.6. The molecule has 216 valence electrons. The molecule has 0 saturated carbocycles. The summed E-state index contributed by atoms with van der Waals surface area (Å²) >= 11 is 0. The molecule has 0 spiro atoms. The van der Waals surface area contributed by atoms with Gasteiger partial charge in [-0.1, -0.05) is 55.8 Å². The predicted molar refractivity (Wildman–Crippen MR) is 157 cm³/mol. The fraction of sp³-hybridized carbons (Fsp3) is 0.370.